The third-order valence-electron chi connectivity index (χ3n) is 3.46. The highest BCUT2D eigenvalue weighted by molar-refractivity contribution is 7.10. The van der Waals surface area contributed by atoms with Crippen LogP contribution in [0.2, 0.25) is 0 Å². The maximum Gasteiger partial charge on any atom is 0.487 e. The van der Waals surface area contributed by atoms with E-state index in [4.69, 9.17) is 9.31 Å². The van der Waals surface area contributed by atoms with Crippen LogP contribution in [0.25, 0.3) is 6.08 Å². The van der Waals surface area contributed by atoms with Gasteiger partial charge in [0.1, 0.15) is 0 Å². The van der Waals surface area contributed by atoms with Gasteiger partial charge in [-0.05, 0) is 34.6 Å². The maximum atomic E-state index is 5.88. The molecule has 2 rings (SSSR count). The first-order valence-electron chi connectivity index (χ1n) is 5.76. The molecular formula is C12H18BNO2S. The quantitative estimate of drug-likeness (QED) is 0.757. The zero-order valence-electron chi connectivity index (χ0n) is 11.0. The zero-order chi connectivity index (χ0) is 12.7. The molecule has 0 atom stereocenters. The van der Waals surface area contributed by atoms with E-state index in [1.165, 1.54) is 0 Å². The summed E-state index contributed by atoms with van der Waals surface area (Å²) in [6.45, 7) is 10.2. The molecule has 0 bridgehead atoms. The lowest BCUT2D eigenvalue weighted by Gasteiger charge is -2.32. The summed E-state index contributed by atoms with van der Waals surface area (Å²) < 4.78 is 11.8. The van der Waals surface area contributed by atoms with Crippen molar-refractivity contribution < 1.29 is 9.31 Å². The highest BCUT2D eigenvalue weighted by Gasteiger charge is 2.49. The van der Waals surface area contributed by atoms with E-state index in [1.807, 2.05) is 24.5 Å². The summed E-state index contributed by atoms with van der Waals surface area (Å²) in [5, 5.41) is 0. The van der Waals surface area contributed by atoms with Crippen molar-refractivity contribution in [3.63, 3.8) is 0 Å². The molecule has 3 nitrogen and oxygen atoms in total. The third-order valence-corrected chi connectivity index (χ3v) is 4.36. The van der Waals surface area contributed by atoms with E-state index in [1.54, 1.807) is 11.3 Å². The second-order valence-corrected chi connectivity index (χ2v) is 6.17. The number of hydrogen-bond donors (Lipinski definition) is 0. The van der Waals surface area contributed by atoms with Gasteiger partial charge in [-0.3, -0.25) is 0 Å². The first-order chi connectivity index (χ1) is 7.82. The van der Waals surface area contributed by atoms with Crippen LogP contribution in [0.1, 0.15) is 38.3 Å². The summed E-state index contributed by atoms with van der Waals surface area (Å²) in [6.07, 6.45) is 2.02. The van der Waals surface area contributed by atoms with E-state index in [9.17, 15) is 0 Å². The number of aromatic nitrogens is 1. The number of thiazole rings is 1. The van der Waals surface area contributed by atoms with E-state index in [0.717, 1.165) is 10.6 Å². The Hall–Kier alpha value is -0.645. The van der Waals surface area contributed by atoms with Crippen molar-refractivity contribution in [2.24, 2.45) is 0 Å². The molecule has 1 aromatic rings. The van der Waals surface area contributed by atoms with Crippen LogP contribution >= 0.6 is 11.3 Å². The van der Waals surface area contributed by atoms with Crippen molar-refractivity contribution in [2.75, 3.05) is 0 Å². The van der Waals surface area contributed by atoms with Crippen molar-refractivity contribution in [3.05, 3.63) is 22.1 Å². The molecule has 92 valence electrons. The van der Waals surface area contributed by atoms with Gasteiger partial charge in [0.05, 0.1) is 22.4 Å². The molecular weight excluding hydrogens is 233 g/mol. The number of nitrogens with zero attached hydrogens (tertiary/aromatic N) is 1. The lowest BCUT2D eigenvalue weighted by atomic mass is 9.90. The number of rotatable bonds is 2. The average molecular weight is 251 g/mol. The standard InChI is InChI=1S/C12H18BNO2S/c1-9-10(17-8-14-9)6-7-13-15-11(2,3)12(4,5)16-13/h6-8H,1-5H3/b7-6-. The number of hydrogen-bond acceptors (Lipinski definition) is 4. The van der Waals surface area contributed by atoms with E-state index in [2.05, 4.69) is 32.7 Å². The third kappa shape index (κ3) is 2.46. The van der Waals surface area contributed by atoms with Gasteiger partial charge in [-0.15, -0.1) is 11.3 Å². The van der Waals surface area contributed by atoms with Gasteiger partial charge in [-0.2, -0.15) is 0 Å². The average Bonchev–Trinajstić information content (AvgIpc) is 2.66. The van der Waals surface area contributed by atoms with Gasteiger partial charge in [-0.25, -0.2) is 4.98 Å². The van der Waals surface area contributed by atoms with Crippen LogP contribution in [-0.4, -0.2) is 23.3 Å². The fourth-order valence-corrected chi connectivity index (χ4v) is 2.31. The molecule has 2 heterocycles. The summed E-state index contributed by atoms with van der Waals surface area (Å²) in [7, 11) is -0.276. The summed E-state index contributed by atoms with van der Waals surface area (Å²) in [4.78, 5) is 5.36. The van der Waals surface area contributed by atoms with Crippen molar-refractivity contribution in [1.29, 1.82) is 0 Å². The Balaban J connectivity index is 2.08. The van der Waals surface area contributed by atoms with E-state index in [-0.39, 0.29) is 18.3 Å². The van der Waals surface area contributed by atoms with Crippen LogP contribution in [0.5, 0.6) is 0 Å². The summed E-state index contributed by atoms with van der Waals surface area (Å²) in [6, 6.07) is 0. The zero-order valence-corrected chi connectivity index (χ0v) is 11.8. The lowest BCUT2D eigenvalue weighted by Crippen LogP contribution is -2.41. The fourth-order valence-electron chi connectivity index (χ4n) is 1.60. The molecule has 0 saturated carbocycles. The molecule has 1 fully saturated rings. The lowest BCUT2D eigenvalue weighted by molar-refractivity contribution is 0.00578. The van der Waals surface area contributed by atoms with Crippen LogP contribution in [-0.2, 0) is 9.31 Å². The molecule has 0 aromatic carbocycles. The van der Waals surface area contributed by atoms with Gasteiger partial charge < -0.3 is 9.31 Å². The molecule has 0 radical (unpaired) electrons. The molecule has 1 saturated heterocycles. The second-order valence-electron chi connectivity index (χ2n) is 5.29. The monoisotopic (exact) mass is 251 g/mol. The molecule has 0 N–H and O–H groups in total. The second kappa shape index (κ2) is 4.23. The molecule has 1 aromatic heterocycles. The first-order valence-corrected chi connectivity index (χ1v) is 6.64. The van der Waals surface area contributed by atoms with Gasteiger partial charge in [-0.1, -0.05) is 12.1 Å². The van der Waals surface area contributed by atoms with Gasteiger partial charge in [0, 0.05) is 4.88 Å². The molecule has 5 heteroatoms. The molecule has 0 aliphatic carbocycles. The Morgan fingerprint density at radius 3 is 2.29 bits per heavy atom. The van der Waals surface area contributed by atoms with Gasteiger partial charge in [0.25, 0.3) is 0 Å². The molecule has 17 heavy (non-hydrogen) atoms. The topological polar surface area (TPSA) is 31.4 Å². The highest BCUT2D eigenvalue weighted by Crippen LogP contribution is 2.37. The Labute approximate surface area is 107 Å². The predicted octanol–water partition coefficient (Wildman–Crippen LogP) is 3.10. The van der Waals surface area contributed by atoms with Crippen molar-refractivity contribution >= 4 is 24.5 Å². The van der Waals surface area contributed by atoms with Crippen molar-refractivity contribution in [3.8, 4) is 0 Å². The van der Waals surface area contributed by atoms with Crippen LogP contribution in [0.3, 0.4) is 0 Å². The molecule has 1 aliphatic heterocycles. The molecule has 0 spiro atoms. The minimum Gasteiger partial charge on any atom is -0.400 e. The Kier molecular flexibility index (Phi) is 3.18. The van der Waals surface area contributed by atoms with Crippen molar-refractivity contribution in [1.82, 2.24) is 4.98 Å². The maximum absolute atomic E-state index is 5.88. The smallest absolute Gasteiger partial charge is 0.400 e. The van der Waals surface area contributed by atoms with Crippen molar-refractivity contribution in [2.45, 2.75) is 45.8 Å². The van der Waals surface area contributed by atoms with E-state index >= 15 is 0 Å². The summed E-state index contributed by atoms with van der Waals surface area (Å²) in [5.41, 5.74) is 2.34. The largest absolute Gasteiger partial charge is 0.487 e. The Morgan fingerprint density at radius 1 is 1.24 bits per heavy atom. The van der Waals surface area contributed by atoms with E-state index in [0.29, 0.717) is 0 Å². The summed E-state index contributed by atoms with van der Waals surface area (Å²) >= 11 is 1.62. The minimum atomic E-state index is -0.276. The predicted molar refractivity (Wildman–Crippen MR) is 72.0 cm³/mol. The molecule has 0 unspecified atom stereocenters. The van der Waals surface area contributed by atoms with Crippen LogP contribution in [0.4, 0.5) is 0 Å². The number of aryl methyl sites for hydroxylation is 1. The minimum absolute atomic E-state index is 0.273. The van der Waals surface area contributed by atoms with Crippen LogP contribution in [0, 0.1) is 6.92 Å². The first kappa shape index (κ1) is 12.8. The van der Waals surface area contributed by atoms with Crippen LogP contribution in [0.15, 0.2) is 11.5 Å². The summed E-state index contributed by atoms with van der Waals surface area (Å²) in [5.74, 6) is 1.96. The highest BCUT2D eigenvalue weighted by atomic mass is 32.1. The van der Waals surface area contributed by atoms with Crippen LogP contribution < -0.4 is 0 Å². The van der Waals surface area contributed by atoms with E-state index < -0.39 is 0 Å². The molecule has 1 aliphatic rings. The fraction of sp³-hybridized carbons (Fsp3) is 0.583. The van der Waals surface area contributed by atoms with Gasteiger partial charge in [0.15, 0.2) is 0 Å². The SMILES string of the molecule is Cc1ncsc1/C=C\B1OC(C)(C)C(C)(C)O1. The Bertz CT molecular complexity index is 423. The Morgan fingerprint density at radius 2 is 1.82 bits per heavy atom. The molecule has 0 amide bonds. The van der Waals surface area contributed by atoms with Gasteiger partial charge >= 0.3 is 7.12 Å². The van der Waals surface area contributed by atoms with Gasteiger partial charge in [0.2, 0.25) is 0 Å². The normalized spacial score (nSPS) is 22.5.